The van der Waals surface area contributed by atoms with E-state index in [-0.39, 0.29) is 6.04 Å². The minimum Gasteiger partial charge on any atom is -0.489 e. The second-order valence-corrected chi connectivity index (χ2v) is 6.16. The van der Waals surface area contributed by atoms with Crippen LogP contribution in [0.1, 0.15) is 31.0 Å². The smallest absolute Gasteiger partial charge is 0.124 e. The zero-order valence-corrected chi connectivity index (χ0v) is 14.5. The molecule has 0 aromatic heterocycles. The first-order chi connectivity index (χ1) is 10.1. The first kappa shape index (κ1) is 16.3. The van der Waals surface area contributed by atoms with Gasteiger partial charge in [-0.15, -0.1) is 0 Å². The summed E-state index contributed by atoms with van der Waals surface area (Å²) in [7, 11) is 0. The molecule has 4 heteroatoms. The molecule has 0 radical (unpaired) electrons. The Hall–Kier alpha value is -1.03. The van der Waals surface area contributed by atoms with Gasteiger partial charge in [-0.05, 0) is 31.7 Å². The quantitative estimate of drug-likeness (QED) is 0.742. The average molecular weight is 369 g/mol. The fourth-order valence-corrected chi connectivity index (χ4v) is 2.91. The van der Waals surface area contributed by atoms with E-state index in [9.17, 15) is 0 Å². The molecule has 2 aromatic carbocycles. The number of halogens is 2. The van der Waals surface area contributed by atoms with Crippen LogP contribution in [-0.2, 0) is 6.61 Å². The van der Waals surface area contributed by atoms with E-state index in [2.05, 4.69) is 41.2 Å². The van der Waals surface area contributed by atoms with Crippen molar-refractivity contribution in [1.82, 2.24) is 5.32 Å². The van der Waals surface area contributed by atoms with Crippen molar-refractivity contribution in [2.75, 3.05) is 6.54 Å². The van der Waals surface area contributed by atoms with Crippen molar-refractivity contribution >= 4 is 27.5 Å². The molecule has 0 aliphatic carbocycles. The molecule has 0 aliphatic heterocycles. The molecule has 0 fully saturated rings. The Morgan fingerprint density at radius 3 is 2.71 bits per heavy atom. The highest BCUT2D eigenvalue weighted by Gasteiger charge is 2.11. The summed E-state index contributed by atoms with van der Waals surface area (Å²) < 4.78 is 6.94. The van der Waals surface area contributed by atoms with Gasteiger partial charge >= 0.3 is 0 Å². The van der Waals surface area contributed by atoms with Crippen molar-refractivity contribution in [3.05, 3.63) is 63.1 Å². The molecule has 112 valence electrons. The van der Waals surface area contributed by atoms with Crippen LogP contribution in [0.5, 0.6) is 5.75 Å². The van der Waals surface area contributed by atoms with Crippen LogP contribution in [0, 0.1) is 0 Å². The molecule has 1 atom stereocenters. The van der Waals surface area contributed by atoms with Crippen LogP contribution in [0.4, 0.5) is 0 Å². The summed E-state index contributed by atoms with van der Waals surface area (Å²) in [6, 6.07) is 14.2. The second kappa shape index (κ2) is 7.83. The summed E-state index contributed by atoms with van der Waals surface area (Å²) in [6.45, 7) is 5.62. The predicted molar refractivity (Wildman–Crippen MR) is 92.0 cm³/mol. The molecule has 1 unspecified atom stereocenters. The zero-order valence-electron chi connectivity index (χ0n) is 12.2. The van der Waals surface area contributed by atoms with Gasteiger partial charge in [0.2, 0.25) is 0 Å². The molecule has 2 rings (SSSR count). The molecule has 1 N–H and O–H groups in total. The van der Waals surface area contributed by atoms with E-state index in [1.165, 1.54) is 0 Å². The number of benzene rings is 2. The first-order valence-electron chi connectivity index (χ1n) is 7.01. The Kier molecular flexibility index (Phi) is 6.09. The maximum Gasteiger partial charge on any atom is 0.124 e. The molecule has 0 saturated carbocycles. The Bertz CT molecular complexity index is 603. The molecule has 0 aliphatic rings. The van der Waals surface area contributed by atoms with Crippen molar-refractivity contribution in [2.24, 2.45) is 0 Å². The summed E-state index contributed by atoms with van der Waals surface area (Å²) in [6.07, 6.45) is 0. The van der Waals surface area contributed by atoms with Gasteiger partial charge in [0.25, 0.3) is 0 Å². The third kappa shape index (κ3) is 4.47. The number of hydrogen-bond donors (Lipinski definition) is 1. The summed E-state index contributed by atoms with van der Waals surface area (Å²) in [5.41, 5.74) is 2.14. The fourth-order valence-electron chi connectivity index (χ4n) is 2.18. The first-order valence-corrected chi connectivity index (χ1v) is 8.18. The van der Waals surface area contributed by atoms with Gasteiger partial charge in [0, 0.05) is 26.7 Å². The molecule has 21 heavy (non-hydrogen) atoms. The summed E-state index contributed by atoms with van der Waals surface area (Å²) in [5, 5.41) is 4.12. The molecule has 0 heterocycles. The lowest BCUT2D eigenvalue weighted by Gasteiger charge is -2.18. The van der Waals surface area contributed by atoms with E-state index in [0.717, 1.165) is 27.9 Å². The van der Waals surface area contributed by atoms with Gasteiger partial charge in [0.15, 0.2) is 0 Å². The average Bonchev–Trinajstić information content (AvgIpc) is 2.47. The van der Waals surface area contributed by atoms with Crippen LogP contribution < -0.4 is 10.1 Å². The van der Waals surface area contributed by atoms with Crippen LogP contribution in [0.2, 0.25) is 5.02 Å². The van der Waals surface area contributed by atoms with E-state index in [1.54, 1.807) is 0 Å². The maximum atomic E-state index is 6.23. The van der Waals surface area contributed by atoms with Crippen LogP contribution in [0.25, 0.3) is 0 Å². The highest BCUT2D eigenvalue weighted by molar-refractivity contribution is 9.10. The number of hydrogen-bond acceptors (Lipinski definition) is 2. The molecule has 0 amide bonds. The van der Waals surface area contributed by atoms with Crippen molar-refractivity contribution in [3.63, 3.8) is 0 Å². The van der Waals surface area contributed by atoms with Gasteiger partial charge in [-0.1, -0.05) is 58.7 Å². The molecule has 0 spiro atoms. The van der Waals surface area contributed by atoms with E-state index >= 15 is 0 Å². The fraction of sp³-hybridized carbons (Fsp3) is 0.294. The predicted octanol–water partition coefficient (Wildman–Crippen LogP) is 5.35. The Morgan fingerprint density at radius 1 is 1.24 bits per heavy atom. The Balaban J connectivity index is 2.13. The summed E-state index contributed by atoms with van der Waals surface area (Å²) >= 11 is 9.63. The lowest BCUT2D eigenvalue weighted by atomic mass is 10.1. The topological polar surface area (TPSA) is 21.3 Å². The highest BCUT2D eigenvalue weighted by atomic mass is 79.9. The normalized spacial score (nSPS) is 12.2. The van der Waals surface area contributed by atoms with Gasteiger partial charge in [0.1, 0.15) is 12.4 Å². The van der Waals surface area contributed by atoms with Crippen molar-refractivity contribution in [1.29, 1.82) is 0 Å². The Labute approximate surface area is 139 Å². The third-order valence-electron chi connectivity index (χ3n) is 3.29. The lowest BCUT2D eigenvalue weighted by molar-refractivity contribution is 0.300. The minimum atomic E-state index is 0.256. The molecular weight excluding hydrogens is 350 g/mol. The second-order valence-electron chi connectivity index (χ2n) is 4.84. The van der Waals surface area contributed by atoms with Crippen LogP contribution in [0.3, 0.4) is 0 Å². The van der Waals surface area contributed by atoms with E-state index < -0.39 is 0 Å². The van der Waals surface area contributed by atoms with Crippen molar-refractivity contribution in [3.8, 4) is 5.75 Å². The summed E-state index contributed by atoms with van der Waals surface area (Å²) in [4.78, 5) is 0. The van der Waals surface area contributed by atoms with Crippen molar-refractivity contribution in [2.45, 2.75) is 26.5 Å². The van der Waals surface area contributed by atoms with Gasteiger partial charge in [-0.3, -0.25) is 0 Å². The van der Waals surface area contributed by atoms with E-state index in [4.69, 9.17) is 16.3 Å². The van der Waals surface area contributed by atoms with Crippen LogP contribution in [-0.4, -0.2) is 6.54 Å². The van der Waals surface area contributed by atoms with Gasteiger partial charge < -0.3 is 10.1 Å². The third-order valence-corrected chi connectivity index (χ3v) is 4.14. The molecule has 0 saturated heterocycles. The largest absolute Gasteiger partial charge is 0.489 e. The summed E-state index contributed by atoms with van der Waals surface area (Å²) in [5.74, 6) is 0.893. The van der Waals surface area contributed by atoms with Crippen LogP contribution in [0.15, 0.2) is 46.9 Å². The Morgan fingerprint density at radius 2 is 2.00 bits per heavy atom. The molecular formula is C17H19BrClNO. The monoisotopic (exact) mass is 367 g/mol. The van der Waals surface area contributed by atoms with Crippen LogP contribution >= 0.6 is 27.5 Å². The standard InChI is InChI=1S/C17H19BrClNO/c1-3-20-12(2)15-6-4-5-7-17(15)21-11-13-8-9-14(18)10-16(13)19/h4-10,12,20H,3,11H2,1-2H3. The zero-order chi connectivity index (χ0) is 15.2. The van der Waals surface area contributed by atoms with Gasteiger partial charge in [-0.25, -0.2) is 0 Å². The number of rotatable bonds is 6. The van der Waals surface area contributed by atoms with E-state index in [1.807, 2.05) is 36.4 Å². The van der Waals surface area contributed by atoms with Gasteiger partial charge in [-0.2, -0.15) is 0 Å². The highest BCUT2D eigenvalue weighted by Crippen LogP contribution is 2.27. The number of nitrogens with one attached hydrogen (secondary N) is 1. The van der Waals surface area contributed by atoms with Gasteiger partial charge in [0.05, 0.1) is 0 Å². The molecule has 2 aromatic rings. The molecule has 2 nitrogen and oxygen atoms in total. The number of para-hydroxylation sites is 1. The lowest BCUT2D eigenvalue weighted by Crippen LogP contribution is -2.18. The maximum absolute atomic E-state index is 6.23. The SMILES string of the molecule is CCNC(C)c1ccccc1OCc1ccc(Br)cc1Cl. The number of ether oxygens (including phenoxy) is 1. The minimum absolute atomic E-state index is 0.256. The van der Waals surface area contributed by atoms with E-state index in [0.29, 0.717) is 11.6 Å². The molecule has 0 bridgehead atoms. The van der Waals surface area contributed by atoms with Crippen molar-refractivity contribution < 1.29 is 4.74 Å².